The second-order valence-electron chi connectivity index (χ2n) is 8.42. The smallest absolute Gasteiger partial charge is 0.328 e. The highest BCUT2D eigenvalue weighted by molar-refractivity contribution is 5.79. The predicted octanol–water partition coefficient (Wildman–Crippen LogP) is 5.66. The molecule has 1 N–H and O–H groups in total. The van der Waals surface area contributed by atoms with Gasteiger partial charge in [-0.25, -0.2) is 14.6 Å². The number of carboxylic acid groups (broad SMARTS) is 1. The van der Waals surface area contributed by atoms with Gasteiger partial charge in [0.2, 0.25) is 0 Å². The fourth-order valence-corrected chi connectivity index (χ4v) is 3.92. The number of benzene rings is 1. The Labute approximate surface area is 168 Å². The molecule has 1 aliphatic rings. The van der Waals surface area contributed by atoms with Crippen molar-refractivity contribution in [2.45, 2.75) is 64.6 Å². The van der Waals surface area contributed by atoms with E-state index in [4.69, 9.17) is 14.9 Å². The van der Waals surface area contributed by atoms with Gasteiger partial charge < -0.3 is 5.11 Å². The van der Waals surface area contributed by atoms with Crippen molar-refractivity contribution >= 4 is 5.97 Å². The molecule has 4 nitrogen and oxygen atoms in total. The third-order valence-electron chi connectivity index (χ3n) is 4.90. The lowest BCUT2D eigenvalue weighted by molar-refractivity contribution is -0.337. The van der Waals surface area contributed by atoms with Crippen LogP contribution in [0.25, 0.3) is 0 Å². The Morgan fingerprint density at radius 1 is 1.25 bits per heavy atom. The fourth-order valence-electron chi connectivity index (χ4n) is 3.92. The number of rotatable bonds is 9. The van der Waals surface area contributed by atoms with Crippen molar-refractivity contribution in [1.29, 1.82) is 0 Å². The van der Waals surface area contributed by atoms with Crippen molar-refractivity contribution in [2.75, 3.05) is 0 Å². The van der Waals surface area contributed by atoms with E-state index in [1.807, 2.05) is 19.9 Å². The zero-order chi connectivity index (χ0) is 20.6. The Kier molecular flexibility index (Phi) is 7.78. The average Bonchev–Trinajstić information content (AvgIpc) is 2.93. The molecule has 0 spiro atoms. The first-order chi connectivity index (χ1) is 13.2. The summed E-state index contributed by atoms with van der Waals surface area (Å²) in [5, 5.41) is 8.82. The second-order valence-corrected chi connectivity index (χ2v) is 8.42. The number of hydrogen-bond acceptors (Lipinski definition) is 3. The van der Waals surface area contributed by atoms with E-state index in [1.165, 1.54) is 11.1 Å². The molecule has 1 saturated heterocycles. The van der Waals surface area contributed by atoms with Crippen LogP contribution in [0.1, 0.15) is 52.5 Å². The molecule has 0 amide bonds. The van der Waals surface area contributed by atoms with Gasteiger partial charge in [-0.05, 0) is 57.6 Å². The molecule has 4 heteroatoms. The van der Waals surface area contributed by atoms with E-state index >= 15 is 0 Å². The largest absolute Gasteiger partial charge is 0.478 e. The van der Waals surface area contributed by atoms with Gasteiger partial charge in [-0.1, -0.05) is 61.1 Å². The summed E-state index contributed by atoms with van der Waals surface area (Å²) in [4.78, 5) is 21.8. The van der Waals surface area contributed by atoms with Crippen LogP contribution < -0.4 is 0 Å². The third kappa shape index (κ3) is 7.45. The normalized spacial score (nSPS) is 26.9. The lowest BCUT2D eigenvalue weighted by Crippen LogP contribution is -2.29. The van der Waals surface area contributed by atoms with Crippen LogP contribution in [0.3, 0.4) is 0 Å². The highest BCUT2D eigenvalue weighted by atomic mass is 17.2. The van der Waals surface area contributed by atoms with E-state index in [9.17, 15) is 4.79 Å². The molecule has 1 fully saturated rings. The molecule has 152 valence electrons. The third-order valence-corrected chi connectivity index (χ3v) is 4.90. The highest BCUT2D eigenvalue weighted by Crippen LogP contribution is 2.41. The molecule has 1 aliphatic heterocycles. The van der Waals surface area contributed by atoms with Crippen LogP contribution in [-0.2, 0) is 21.0 Å². The minimum atomic E-state index is -0.979. The molecule has 0 aliphatic carbocycles. The summed E-state index contributed by atoms with van der Waals surface area (Å²) in [5.74, 6) is -0.550. The Morgan fingerprint density at radius 2 is 1.96 bits per heavy atom. The maximum Gasteiger partial charge on any atom is 0.328 e. The Bertz CT molecular complexity index is 734. The van der Waals surface area contributed by atoms with Crippen LogP contribution in [0.5, 0.6) is 0 Å². The molecular weight excluding hydrogens is 352 g/mol. The van der Waals surface area contributed by atoms with E-state index in [2.05, 4.69) is 56.3 Å². The highest BCUT2D eigenvalue weighted by Gasteiger charge is 2.45. The summed E-state index contributed by atoms with van der Waals surface area (Å²) in [5.41, 5.74) is 1.52. The average molecular weight is 385 g/mol. The van der Waals surface area contributed by atoms with Crippen LogP contribution in [0.4, 0.5) is 0 Å². The van der Waals surface area contributed by atoms with Crippen LogP contribution in [-0.4, -0.2) is 22.3 Å². The number of carboxylic acids is 1. The van der Waals surface area contributed by atoms with Gasteiger partial charge >= 0.3 is 5.97 Å². The molecule has 2 rings (SSSR count). The van der Waals surface area contributed by atoms with Crippen LogP contribution >= 0.6 is 0 Å². The van der Waals surface area contributed by atoms with Crippen LogP contribution in [0, 0.1) is 5.92 Å². The fraction of sp³-hybridized carbons (Fsp3) is 0.458. The molecule has 0 unspecified atom stereocenters. The molecule has 0 saturated carbocycles. The van der Waals surface area contributed by atoms with Crippen molar-refractivity contribution in [3.05, 3.63) is 71.8 Å². The van der Waals surface area contributed by atoms with E-state index in [1.54, 1.807) is 6.08 Å². The summed E-state index contributed by atoms with van der Waals surface area (Å²) in [6, 6.07) is 10.4. The molecule has 28 heavy (non-hydrogen) atoms. The van der Waals surface area contributed by atoms with Gasteiger partial charge in [-0.3, -0.25) is 0 Å². The minimum Gasteiger partial charge on any atom is -0.478 e. The quantitative estimate of drug-likeness (QED) is 0.339. The molecule has 3 atom stereocenters. The molecule has 0 radical (unpaired) electrons. The first-order valence-corrected chi connectivity index (χ1v) is 9.85. The van der Waals surface area contributed by atoms with E-state index in [-0.39, 0.29) is 0 Å². The van der Waals surface area contributed by atoms with Crippen LogP contribution in [0.15, 0.2) is 66.3 Å². The van der Waals surface area contributed by atoms with Gasteiger partial charge in [0.1, 0.15) is 11.2 Å². The van der Waals surface area contributed by atoms with E-state index < -0.39 is 17.2 Å². The van der Waals surface area contributed by atoms with Crippen molar-refractivity contribution in [2.24, 2.45) is 5.92 Å². The van der Waals surface area contributed by atoms with Gasteiger partial charge in [-0.15, -0.1) is 0 Å². The number of hydrogen-bond donors (Lipinski definition) is 1. The lowest BCUT2D eigenvalue weighted by Gasteiger charge is -2.25. The summed E-state index contributed by atoms with van der Waals surface area (Å²) in [6.45, 7) is 8.24. The zero-order valence-corrected chi connectivity index (χ0v) is 17.4. The van der Waals surface area contributed by atoms with Crippen molar-refractivity contribution < 1.29 is 19.7 Å². The van der Waals surface area contributed by atoms with Gasteiger partial charge in [0.05, 0.1) is 0 Å². The van der Waals surface area contributed by atoms with Gasteiger partial charge in [-0.2, -0.15) is 0 Å². The Hall–Kier alpha value is -2.17. The molecule has 0 bridgehead atoms. The molecular formula is C24H32O4. The Morgan fingerprint density at radius 3 is 2.64 bits per heavy atom. The van der Waals surface area contributed by atoms with Gasteiger partial charge in [0, 0.05) is 12.5 Å². The molecule has 1 aromatic carbocycles. The van der Waals surface area contributed by atoms with E-state index in [0.717, 1.165) is 25.3 Å². The lowest BCUT2D eigenvalue weighted by atomic mass is 9.82. The summed E-state index contributed by atoms with van der Waals surface area (Å²) in [6.07, 6.45) is 12.6. The van der Waals surface area contributed by atoms with Crippen molar-refractivity contribution in [1.82, 2.24) is 0 Å². The number of allylic oxidation sites excluding steroid dienone is 4. The standard InChI is InChI=1S/C24H32O4/c1-19(10-8-9-13-21-11-6-5-7-12-21)16-20(2)17-24(4)18-23(3,27-28-24)15-14-22(25)26/h5-12,14-15,20H,13,16-18H2,1-4H3,(H,25,26)/b9-8+,15-14+,19-10+/t20-,23+,24-/m0/s1. The summed E-state index contributed by atoms with van der Waals surface area (Å²) in [7, 11) is 0. The summed E-state index contributed by atoms with van der Waals surface area (Å²) >= 11 is 0. The maximum absolute atomic E-state index is 10.8. The summed E-state index contributed by atoms with van der Waals surface area (Å²) < 4.78 is 0. The topological polar surface area (TPSA) is 55.8 Å². The zero-order valence-electron chi connectivity index (χ0n) is 17.4. The number of carbonyl (C=O) groups is 1. The van der Waals surface area contributed by atoms with Gasteiger partial charge in [0.25, 0.3) is 0 Å². The molecule has 0 aromatic heterocycles. The maximum atomic E-state index is 10.8. The first-order valence-electron chi connectivity index (χ1n) is 9.85. The predicted molar refractivity (Wildman–Crippen MR) is 112 cm³/mol. The number of aliphatic carboxylic acids is 1. The van der Waals surface area contributed by atoms with Crippen molar-refractivity contribution in [3.8, 4) is 0 Å². The second kappa shape index (κ2) is 9.85. The first kappa shape index (κ1) is 22.1. The Balaban J connectivity index is 1.82. The minimum absolute atomic E-state index is 0.416. The van der Waals surface area contributed by atoms with Gasteiger partial charge in [0.15, 0.2) is 0 Å². The SMILES string of the molecule is C/C(=C\C=C\Cc1ccccc1)C[C@H](C)C[C@@]1(C)C[C@@](C)(/C=C/C(=O)O)OO1. The van der Waals surface area contributed by atoms with Crippen molar-refractivity contribution in [3.63, 3.8) is 0 Å². The monoisotopic (exact) mass is 384 g/mol. The van der Waals surface area contributed by atoms with Crippen LogP contribution in [0.2, 0.25) is 0 Å². The molecule has 1 aromatic rings. The molecule has 1 heterocycles. The van der Waals surface area contributed by atoms with E-state index in [0.29, 0.717) is 12.3 Å².